The Bertz CT molecular complexity index is 1840. The van der Waals surface area contributed by atoms with Crippen molar-refractivity contribution >= 4 is 70.0 Å². The minimum absolute atomic E-state index is 0.143. The van der Waals surface area contributed by atoms with Crippen LogP contribution in [-0.4, -0.2) is 76.9 Å². The van der Waals surface area contributed by atoms with Crippen LogP contribution in [0.3, 0.4) is 0 Å². The van der Waals surface area contributed by atoms with Gasteiger partial charge in [0.05, 0.1) is 33.3 Å². The Balaban J connectivity index is 1.31. The summed E-state index contributed by atoms with van der Waals surface area (Å²) in [5, 5.41) is 16.0. The van der Waals surface area contributed by atoms with Gasteiger partial charge in [0.1, 0.15) is 5.75 Å². The Morgan fingerprint density at radius 1 is 0.820 bits per heavy atom. The van der Waals surface area contributed by atoms with Gasteiger partial charge in [-0.15, -0.1) is 0 Å². The highest BCUT2D eigenvalue weighted by atomic mass is 35.5. The summed E-state index contributed by atoms with van der Waals surface area (Å²) in [4.78, 5) is 55.2. The molecule has 2 N–H and O–H groups in total. The van der Waals surface area contributed by atoms with Crippen molar-refractivity contribution in [3.05, 3.63) is 133 Å². The molecule has 13 heteroatoms. The van der Waals surface area contributed by atoms with E-state index in [1.54, 1.807) is 54.6 Å². The summed E-state index contributed by atoms with van der Waals surface area (Å²) in [6, 6.07) is 24.6. The average Bonchev–Trinajstić information content (AvgIpc) is 3.35. The maximum Gasteiger partial charge on any atom is 0.261 e. The predicted molar refractivity (Wildman–Crippen MR) is 193 cm³/mol. The molecule has 0 saturated heterocycles. The van der Waals surface area contributed by atoms with Crippen LogP contribution in [0.5, 0.6) is 5.75 Å². The SMILES string of the molecule is O=C(COc1ccc(Cl)c(Cl)c1)N[C@@H](Cc1ccccc1)C(O)CN(CCc1ccc(Cl)cc1Cl)C(=O)CCN1C(=O)c2ccccc2C1=O. The van der Waals surface area contributed by atoms with Crippen molar-refractivity contribution in [3.8, 4) is 5.75 Å². The molecule has 4 aromatic carbocycles. The number of ether oxygens (including phenoxy) is 1. The molecule has 5 rings (SSSR count). The molecule has 1 unspecified atom stereocenters. The molecule has 1 aliphatic heterocycles. The van der Waals surface area contributed by atoms with E-state index in [-0.39, 0.29) is 55.2 Å². The first-order valence-electron chi connectivity index (χ1n) is 15.8. The number of halogens is 4. The van der Waals surface area contributed by atoms with Crippen molar-refractivity contribution in [2.24, 2.45) is 0 Å². The number of benzene rings is 4. The molecule has 0 spiro atoms. The second-order valence-electron chi connectivity index (χ2n) is 11.7. The van der Waals surface area contributed by atoms with Gasteiger partial charge in [0.15, 0.2) is 6.61 Å². The Morgan fingerprint density at radius 3 is 2.16 bits per heavy atom. The van der Waals surface area contributed by atoms with Crippen LogP contribution >= 0.6 is 46.4 Å². The van der Waals surface area contributed by atoms with Gasteiger partial charge in [0.25, 0.3) is 17.7 Å². The van der Waals surface area contributed by atoms with E-state index >= 15 is 0 Å². The number of aliphatic hydroxyl groups is 1. The van der Waals surface area contributed by atoms with Gasteiger partial charge in [0.2, 0.25) is 5.91 Å². The average molecular weight is 757 g/mol. The second kappa shape index (κ2) is 17.2. The predicted octanol–water partition coefficient (Wildman–Crippen LogP) is 6.53. The number of amides is 4. The second-order valence-corrected chi connectivity index (χ2v) is 13.3. The van der Waals surface area contributed by atoms with E-state index in [9.17, 15) is 24.3 Å². The minimum Gasteiger partial charge on any atom is -0.484 e. The molecule has 2 atom stereocenters. The van der Waals surface area contributed by atoms with E-state index in [1.807, 2.05) is 30.3 Å². The van der Waals surface area contributed by atoms with E-state index in [0.29, 0.717) is 27.2 Å². The van der Waals surface area contributed by atoms with Gasteiger partial charge in [-0.25, -0.2) is 0 Å². The number of nitrogens with zero attached hydrogens (tertiary/aromatic N) is 2. The first-order valence-corrected chi connectivity index (χ1v) is 17.3. The van der Waals surface area contributed by atoms with Gasteiger partial charge < -0.3 is 20.1 Å². The lowest BCUT2D eigenvalue weighted by Crippen LogP contribution is -2.52. The van der Waals surface area contributed by atoms with Crippen molar-refractivity contribution in [2.45, 2.75) is 31.4 Å². The normalized spacial score (nSPS) is 13.5. The quantitative estimate of drug-likeness (QED) is 0.134. The maximum absolute atomic E-state index is 13.8. The summed E-state index contributed by atoms with van der Waals surface area (Å²) in [6.45, 7) is -0.535. The highest BCUT2D eigenvalue weighted by Gasteiger charge is 2.35. The van der Waals surface area contributed by atoms with Crippen molar-refractivity contribution in [2.75, 3.05) is 26.2 Å². The molecular weight excluding hydrogens is 724 g/mol. The Labute approximate surface area is 309 Å². The van der Waals surface area contributed by atoms with Crippen LogP contribution in [-0.2, 0) is 22.4 Å². The van der Waals surface area contributed by atoms with Crippen LogP contribution < -0.4 is 10.1 Å². The zero-order chi connectivity index (χ0) is 35.8. The molecule has 0 fully saturated rings. The standard InChI is InChI=1S/C37H33Cl4N3O6/c38-25-11-10-24(30(40)19-25)14-16-43(35(47)15-17-44-36(48)27-8-4-5-9-28(27)37(44)49)21-33(45)32(18-23-6-2-1-3-7-23)42-34(46)22-50-26-12-13-29(39)31(41)20-26/h1-13,19-20,32-33,45H,14-18,21-22H2,(H,42,46)/t32-,33?/m0/s1. The van der Waals surface area contributed by atoms with Crippen LogP contribution in [0.15, 0.2) is 91.0 Å². The van der Waals surface area contributed by atoms with Gasteiger partial charge in [-0.1, -0.05) is 94.9 Å². The largest absolute Gasteiger partial charge is 0.484 e. The highest BCUT2D eigenvalue weighted by molar-refractivity contribution is 6.42. The van der Waals surface area contributed by atoms with Crippen LogP contribution in [0, 0.1) is 0 Å². The highest BCUT2D eigenvalue weighted by Crippen LogP contribution is 2.27. The van der Waals surface area contributed by atoms with Crippen molar-refractivity contribution < 1.29 is 29.0 Å². The van der Waals surface area contributed by atoms with Gasteiger partial charge in [0, 0.05) is 42.2 Å². The van der Waals surface area contributed by atoms with Gasteiger partial charge in [-0.2, -0.15) is 0 Å². The van der Waals surface area contributed by atoms with Gasteiger partial charge in [-0.05, 0) is 60.4 Å². The monoisotopic (exact) mass is 755 g/mol. The van der Waals surface area contributed by atoms with Crippen molar-refractivity contribution in [1.29, 1.82) is 0 Å². The number of imide groups is 1. The maximum atomic E-state index is 13.8. The number of hydrogen-bond acceptors (Lipinski definition) is 6. The third kappa shape index (κ3) is 9.56. The fourth-order valence-electron chi connectivity index (χ4n) is 5.57. The van der Waals surface area contributed by atoms with Gasteiger partial charge in [-0.3, -0.25) is 24.1 Å². The molecule has 1 aliphatic rings. The number of carbonyl (C=O) groups excluding carboxylic acids is 4. The van der Waals surface area contributed by atoms with E-state index in [1.165, 1.54) is 11.0 Å². The lowest BCUT2D eigenvalue weighted by atomic mass is 10.00. The summed E-state index contributed by atoms with van der Waals surface area (Å²) < 4.78 is 5.60. The Hall–Kier alpha value is -4.12. The zero-order valence-electron chi connectivity index (χ0n) is 26.7. The zero-order valence-corrected chi connectivity index (χ0v) is 29.7. The summed E-state index contributed by atoms with van der Waals surface area (Å²) in [5.74, 6) is -1.50. The number of hydrogen-bond donors (Lipinski definition) is 2. The number of nitrogens with one attached hydrogen (secondary N) is 1. The van der Waals surface area contributed by atoms with E-state index in [4.69, 9.17) is 51.1 Å². The molecule has 9 nitrogen and oxygen atoms in total. The molecule has 0 saturated carbocycles. The topological polar surface area (TPSA) is 116 Å². The molecule has 1 heterocycles. The molecule has 260 valence electrons. The van der Waals surface area contributed by atoms with E-state index < -0.39 is 35.8 Å². The summed E-state index contributed by atoms with van der Waals surface area (Å²) >= 11 is 24.5. The summed E-state index contributed by atoms with van der Waals surface area (Å²) in [5.41, 5.74) is 2.16. The molecule has 0 bridgehead atoms. The number of carbonyl (C=O) groups is 4. The van der Waals surface area contributed by atoms with E-state index in [0.717, 1.165) is 16.0 Å². The molecule has 0 aliphatic carbocycles. The Morgan fingerprint density at radius 2 is 1.50 bits per heavy atom. The minimum atomic E-state index is -1.23. The third-order valence-electron chi connectivity index (χ3n) is 8.22. The molecular formula is C37H33Cl4N3O6. The van der Waals surface area contributed by atoms with Crippen molar-refractivity contribution in [3.63, 3.8) is 0 Å². The lowest BCUT2D eigenvalue weighted by Gasteiger charge is -2.31. The lowest BCUT2D eigenvalue weighted by molar-refractivity contribution is -0.133. The van der Waals surface area contributed by atoms with Crippen LogP contribution in [0.1, 0.15) is 38.3 Å². The van der Waals surface area contributed by atoms with E-state index in [2.05, 4.69) is 5.32 Å². The van der Waals surface area contributed by atoms with Crippen LogP contribution in [0.2, 0.25) is 20.1 Å². The number of rotatable bonds is 15. The fourth-order valence-corrected chi connectivity index (χ4v) is 6.36. The number of fused-ring (bicyclic) bond motifs is 1. The van der Waals surface area contributed by atoms with Crippen LogP contribution in [0.4, 0.5) is 0 Å². The van der Waals surface area contributed by atoms with Crippen LogP contribution in [0.25, 0.3) is 0 Å². The van der Waals surface area contributed by atoms with Crippen molar-refractivity contribution in [1.82, 2.24) is 15.1 Å². The molecule has 4 aromatic rings. The molecule has 0 radical (unpaired) electrons. The smallest absolute Gasteiger partial charge is 0.261 e. The number of aliphatic hydroxyl groups excluding tert-OH is 1. The molecule has 4 amide bonds. The molecule has 50 heavy (non-hydrogen) atoms. The summed E-state index contributed by atoms with van der Waals surface area (Å²) in [6.07, 6.45) is -0.831. The first kappa shape index (κ1) is 37.1. The third-order valence-corrected chi connectivity index (χ3v) is 9.55. The fraction of sp³-hybridized carbons (Fsp3) is 0.243. The first-order chi connectivity index (χ1) is 24.0. The van der Waals surface area contributed by atoms with Gasteiger partial charge >= 0.3 is 0 Å². The Kier molecular flexibility index (Phi) is 12.8. The summed E-state index contributed by atoms with van der Waals surface area (Å²) in [7, 11) is 0. The molecule has 0 aromatic heterocycles.